The van der Waals surface area contributed by atoms with Crippen LogP contribution < -0.4 is 5.32 Å². The Morgan fingerprint density at radius 1 is 1.45 bits per heavy atom. The van der Waals surface area contributed by atoms with Crippen molar-refractivity contribution in [3.05, 3.63) is 12.7 Å². The summed E-state index contributed by atoms with van der Waals surface area (Å²) in [4.78, 5) is 0. The second-order valence-corrected chi connectivity index (χ2v) is 3.71. The van der Waals surface area contributed by atoms with Gasteiger partial charge in [0.2, 0.25) is 0 Å². The molecule has 0 unspecified atom stereocenters. The number of rotatable bonds is 2. The average molecular weight is 153 g/mol. The molecule has 1 aliphatic rings. The van der Waals surface area contributed by atoms with Gasteiger partial charge in [0.15, 0.2) is 0 Å². The third kappa shape index (κ3) is 2.06. The summed E-state index contributed by atoms with van der Waals surface area (Å²) in [5.41, 5.74) is 0. The zero-order valence-electron chi connectivity index (χ0n) is 7.64. The first kappa shape index (κ1) is 8.79. The van der Waals surface area contributed by atoms with E-state index in [-0.39, 0.29) is 0 Å². The molecule has 64 valence electrons. The predicted molar refractivity (Wildman–Crippen MR) is 49.5 cm³/mol. The quantitative estimate of drug-likeness (QED) is 0.600. The predicted octanol–water partition coefficient (Wildman–Crippen LogP) is 2.20. The van der Waals surface area contributed by atoms with E-state index >= 15 is 0 Å². The van der Waals surface area contributed by atoms with E-state index < -0.39 is 0 Å². The topological polar surface area (TPSA) is 12.0 Å². The van der Waals surface area contributed by atoms with Crippen LogP contribution in [0, 0.1) is 11.8 Å². The lowest BCUT2D eigenvalue weighted by Gasteiger charge is -2.32. The summed E-state index contributed by atoms with van der Waals surface area (Å²) in [5, 5.41) is 3.35. The minimum Gasteiger partial charge on any atom is -0.316 e. The van der Waals surface area contributed by atoms with Crippen molar-refractivity contribution in [1.29, 1.82) is 0 Å². The molecule has 0 aromatic heterocycles. The van der Waals surface area contributed by atoms with Crippen LogP contribution in [-0.4, -0.2) is 13.1 Å². The SMILES string of the molecule is C=C[C@@H]1C[C@@H](C)CC[C@H]1NC. The molecule has 0 aromatic rings. The molecule has 0 amide bonds. The smallest absolute Gasteiger partial charge is 0.0127 e. The number of nitrogens with one attached hydrogen (secondary N) is 1. The van der Waals surface area contributed by atoms with Gasteiger partial charge in [-0.3, -0.25) is 0 Å². The zero-order valence-corrected chi connectivity index (χ0v) is 7.64. The maximum absolute atomic E-state index is 3.88. The lowest BCUT2D eigenvalue weighted by molar-refractivity contribution is 0.260. The van der Waals surface area contributed by atoms with Crippen LogP contribution in [0.1, 0.15) is 26.2 Å². The van der Waals surface area contributed by atoms with Gasteiger partial charge in [0.1, 0.15) is 0 Å². The second kappa shape index (κ2) is 3.91. The highest BCUT2D eigenvalue weighted by atomic mass is 14.9. The lowest BCUT2D eigenvalue weighted by atomic mass is 9.79. The summed E-state index contributed by atoms with van der Waals surface area (Å²) in [6, 6.07) is 0.684. The van der Waals surface area contributed by atoms with Gasteiger partial charge in [0.05, 0.1) is 0 Å². The Kier molecular flexibility index (Phi) is 3.13. The van der Waals surface area contributed by atoms with Gasteiger partial charge < -0.3 is 5.32 Å². The summed E-state index contributed by atoms with van der Waals surface area (Å²) in [6.45, 7) is 6.21. The molecule has 0 saturated heterocycles. The Morgan fingerprint density at radius 3 is 2.73 bits per heavy atom. The molecule has 3 atom stereocenters. The van der Waals surface area contributed by atoms with E-state index in [1.54, 1.807) is 0 Å². The third-order valence-corrected chi connectivity index (χ3v) is 2.84. The molecule has 0 bridgehead atoms. The van der Waals surface area contributed by atoms with Crippen LogP contribution in [0.2, 0.25) is 0 Å². The molecule has 1 heteroatoms. The fraction of sp³-hybridized carbons (Fsp3) is 0.800. The molecule has 0 radical (unpaired) electrons. The normalized spacial score (nSPS) is 38.5. The van der Waals surface area contributed by atoms with E-state index in [4.69, 9.17) is 0 Å². The summed E-state index contributed by atoms with van der Waals surface area (Å²) in [7, 11) is 2.05. The largest absolute Gasteiger partial charge is 0.316 e. The Hall–Kier alpha value is -0.300. The van der Waals surface area contributed by atoms with E-state index in [0.717, 1.165) is 5.92 Å². The van der Waals surface area contributed by atoms with Crippen molar-refractivity contribution >= 4 is 0 Å². The van der Waals surface area contributed by atoms with Crippen molar-refractivity contribution in [2.45, 2.75) is 32.2 Å². The van der Waals surface area contributed by atoms with E-state index in [0.29, 0.717) is 12.0 Å². The molecule has 1 aliphatic carbocycles. The highest BCUT2D eigenvalue weighted by molar-refractivity contribution is 4.92. The average Bonchev–Trinajstić information content (AvgIpc) is 2.04. The van der Waals surface area contributed by atoms with Crippen molar-refractivity contribution < 1.29 is 0 Å². The summed E-state index contributed by atoms with van der Waals surface area (Å²) >= 11 is 0. The minimum absolute atomic E-state index is 0.684. The van der Waals surface area contributed by atoms with Gasteiger partial charge in [0, 0.05) is 6.04 Å². The second-order valence-electron chi connectivity index (χ2n) is 3.71. The highest BCUT2D eigenvalue weighted by Gasteiger charge is 2.24. The van der Waals surface area contributed by atoms with Gasteiger partial charge in [-0.15, -0.1) is 6.58 Å². The Morgan fingerprint density at radius 2 is 2.18 bits per heavy atom. The highest BCUT2D eigenvalue weighted by Crippen LogP contribution is 2.29. The van der Waals surface area contributed by atoms with Crippen LogP contribution in [-0.2, 0) is 0 Å². The molecule has 1 nitrogen and oxygen atoms in total. The maximum atomic E-state index is 3.88. The van der Waals surface area contributed by atoms with Crippen molar-refractivity contribution in [2.24, 2.45) is 11.8 Å². The summed E-state index contributed by atoms with van der Waals surface area (Å²) in [6.07, 6.45) is 6.11. The van der Waals surface area contributed by atoms with Gasteiger partial charge in [-0.2, -0.15) is 0 Å². The van der Waals surface area contributed by atoms with Crippen molar-refractivity contribution in [2.75, 3.05) is 7.05 Å². The summed E-state index contributed by atoms with van der Waals surface area (Å²) < 4.78 is 0. The third-order valence-electron chi connectivity index (χ3n) is 2.84. The van der Waals surface area contributed by atoms with E-state index in [9.17, 15) is 0 Å². The molecule has 0 aliphatic heterocycles. The van der Waals surface area contributed by atoms with Crippen molar-refractivity contribution in [3.63, 3.8) is 0 Å². The molecule has 1 N–H and O–H groups in total. The fourth-order valence-corrected chi connectivity index (χ4v) is 2.04. The molecule has 0 aromatic carbocycles. The van der Waals surface area contributed by atoms with Crippen LogP contribution >= 0.6 is 0 Å². The van der Waals surface area contributed by atoms with Crippen LogP contribution in [0.15, 0.2) is 12.7 Å². The molecule has 0 heterocycles. The number of hydrogen-bond donors (Lipinski definition) is 1. The van der Waals surface area contributed by atoms with Gasteiger partial charge in [-0.25, -0.2) is 0 Å². The first-order valence-corrected chi connectivity index (χ1v) is 4.57. The van der Waals surface area contributed by atoms with E-state index in [2.05, 4.69) is 31.9 Å². The first-order valence-electron chi connectivity index (χ1n) is 4.57. The Labute approximate surface area is 69.9 Å². The molecular formula is C10H19N. The molecule has 1 fully saturated rings. The van der Waals surface area contributed by atoms with Gasteiger partial charge in [0.25, 0.3) is 0 Å². The van der Waals surface area contributed by atoms with Crippen LogP contribution in [0.3, 0.4) is 0 Å². The van der Waals surface area contributed by atoms with Crippen molar-refractivity contribution in [1.82, 2.24) is 5.32 Å². The first-order chi connectivity index (χ1) is 5.27. The van der Waals surface area contributed by atoms with Gasteiger partial charge >= 0.3 is 0 Å². The minimum atomic E-state index is 0.684. The zero-order chi connectivity index (χ0) is 8.27. The summed E-state index contributed by atoms with van der Waals surface area (Å²) in [5.74, 6) is 1.59. The lowest BCUT2D eigenvalue weighted by Crippen LogP contribution is -2.37. The monoisotopic (exact) mass is 153 g/mol. The van der Waals surface area contributed by atoms with E-state index in [1.807, 2.05) is 0 Å². The van der Waals surface area contributed by atoms with E-state index in [1.165, 1.54) is 19.3 Å². The van der Waals surface area contributed by atoms with Gasteiger partial charge in [-0.05, 0) is 38.1 Å². The molecule has 0 spiro atoms. The standard InChI is InChI=1S/C10H19N/c1-4-9-7-8(2)5-6-10(9)11-3/h4,8-11H,1,5-7H2,2-3H3/t8-,9+,10+/m0/s1. The Balaban J connectivity index is 2.47. The Bertz CT molecular complexity index is 131. The fourth-order valence-electron chi connectivity index (χ4n) is 2.04. The van der Waals surface area contributed by atoms with Gasteiger partial charge in [-0.1, -0.05) is 13.0 Å². The van der Waals surface area contributed by atoms with Crippen molar-refractivity contribution in [3.8, 4) is 0 Å². The van der Waals surface area contributed by atoms with Crippen LogP contribution in [0.5, 0.6) is 0 Å². The van der Waals surface area contributed by atoms with Crippen LogP contribution in [0.25, 0.3) is 0 Å². The molecule has 1 rings (SSSR count). The molecule has 1 saturated carbocycles. The maximum Gasteiger partial charge on any atom is 0.0127 e. The molecular weight excluding hydrogens is 134 g/mol. The molecule has 11 heavy (non-hydrogen) atoms. The number of hydrogen-bond acceptors (Lipinski definition) is 1. The van der Waals surface area contributed by atoms with Crippen LogP contribution in [0.4, 0.5) is 0 Å².